The van der Waals surface area contributed by atoms with Gasteiger partial charge in [0, 0.05) is 28.5 Å². The van der Waals surface area contributed by atoms with Crippen LogP contribution in [0, 0.1) is 11.7 Å². The first-order valence-corrected chi connectivity index (χ1v) is 12.8. The number of halogens is 2. The number of nitrogens with one attached hydrogen (secondary N) is 1. The number of benzene rings is 1. The van der Waals surface area contributed by atoms with Gasteiger partial charge in [0.05, 0.1) is 40.1 Å². The molecule has 1 amide bonds. The summed E-state index contributed by atoms with van der Waals surface area (Å²) in [6.07, 6.45) is 1.01. The molecule has 8 nitrogen and oxygen atoms in total. The summed E-state index contributed by atoms with van der Waals surface area (Å²) in [7, 11) is 0. The fourth-order valence-corrected chi connectivity index (χ4v) is 6.08. The second-order valence-corrected chi connectivity index (χ2v) is 10.6. The topological polar surface area (TPSA) is 111 Å². The Balaban J connectivity index is 1.65. The quantitative estimate of drug-likeness (QED) is 0.395. The highest BCUT2D eigenvalue weighted by molar-refractivity contribution is 6.32. The highest BCUT2D eigenvalue weighted by Gasteiger charge is 2.46. The SMILES string of the molecule is CC[C@@]1(O)C(=O)OCc2c1cc1n(c2=O)Cc2c-1nc1cc(F)c(Cl)c3c1c2[C@@H](NC(=O)C(C)C)CC3. The lowest BCUT2D eigenvalue weighted by Crippen LogP contribution is -2.44. The third-order valence-corrected chi connectivity index (χ3v) is 8.29. The fraction of sp³-hybridized carbons (Fsp3) is 0.407. The monoisotopic (exact) mass is 525 g/mol. The molecule has 3 aliphatic rings. The van der Waals surface area contributed by atoms with Gasteiger partial charge in [-0.1, -0.05) is 32.4 Å². The molecule has 3 aromatic rings. The molecule has 6 rings (SSSR count). The van der Waals surface area contributed by atoms with Gasteiger partial charge in [0.25, 0.3) is 5.56 Å². The Bertz CT molecular complexity index is 1610. The maximum atomic E-state index is 14.8. The van der Waals surface area contributed by atoms with Crippen molar-refractivity contribution >= 4 is 34.4 Å². The van der Waals surface area contributed by atoms with Crippen molar-refractivity contribution in [2.45, 2.75) is 64.8 Å². The molecule has 0 fully saturated rings. The first kappa shape index (κ1) is 24.1. The third kappa shape index (κ3) is 3.23. The van der Waals surface area contributed by atoms with E-state index < -0.39 is 17.4 Å². The van der Waals surface area contributed by atoms with Crippen LogP contribution in [0.5, 0.6) is 0 Å². The molecule has 0 bridgehead atoms. The van der Waals surface area contributed by atoms with Crippen molar-refractivity contribution in [3.63, 3.8) is 0 Å². The number of rotatable bonds is 3. The number of cyclic esters (lactones) is 1. The largest absolute Gasteiger partial charge is 0.458 e. The fourth-order valence-electron chi connectivity index (χ4n) is 5.84. The lowest BCUT2D eigenvalue weighted by atomic mass is 9.83. The van der Waals surface area contributed by atoms with Crippen molar-refractivity contribution in [3.05, 3.63) is 61.1 Å². The summed E-state index contributed by atoms with van der Waals surface area (Å²) < 4.78 is 21.5. The Kier molecular flexibility index (Phi) is 5.27. The number of nitrogens with zero attached hydrogens (tertiary/aromatic N) is 2. The Morgan fingerprint density at radius 2 is 2.08 bits per heavy atom. The zero-order valence-corrected chi connectivity index (χ0v) is 21.3. The van der Waals surface area contributed by atoms with Crippen LogP contribution in [0.4, 0.5) is 4.39 Å². The summed E-state index contributed by atoms with van der Waals surface area (Å²) in [6, 6.07) is 2.52. The van der Waals surface area contributed by atoms with Crippen LogP contribution in [-0.4, -0.2) is 26.5 Å². The number of hydrogen-bond donors (Lipinski definition) is 2. The van der Waals surface area contributed by atoms with Crippen molar-refractivity contribution in [2.24, 2.45) is 5.92 Å². The van der Waals surface area contributed by atoms with E-state index in [-0.39, 0.29) is 59.1 Å². The minimum Gasteiger partial charge on any atom is -0.458 e. The van der Waals surface area contributed by atoms with E-state index in [1.165, 1.54) is 10.6 Å². The highest BCUT2D eigenvalue weighted by atomic mass is 35.5. The second kappa shape index (κ2) is 8.10. The third-order valence-electron chi connectivity index (χ3n) is 7.88. The molecule has 0 saturated heterocycles. The molecule has 2 N–H and O–H groups in total. The Hall–Kier alpha value is -3.30. The molecule has 192 valence electrons. The molecule has 0 spiro atoms. The molecule has 0 radical (unpaired) electrons. The molecule has 1 aliphatic carbocycles. The average molecular weight is 526 g/mol. The number of ether oxygens (including phenoxy) is 1. The van der Waals surface area contributed by atoms with E-state index in [4.69, 9.17) is 21.3 Å². The van der Waals surface area contributed by atoms with Crippen LogP contribution >= 0.6 is 11.6 Å². The van der Waals surface area contributed by atoms with E-state index in [0.717, 1.165) is 11.1 Å². The molecular weight excluding hydrogens is 501 g/mol. The van der Waals surface area contributed by atoms with Gasteiger partial charge in [-0.05, 0) is 36.5 Å². The number of aromatic nitrogens is 2. The van der Waals surface area contributed by atoms with Crippen molar-refractivity contribution in [3.8, 4) is 11.4 Å². The molecule has 10 heteroatoms. The predicted octanol–water partition coefficient (Wildman–Crippen LogP) is 3.63. The maximum absolute atomic E-state index is 14.8. The number of aliphatic hydroxyl groups is 1. The van der Waals surface area contributed by atoms with Crippen LogP contribution < -0.4 is 10.9 Å². The second-order valence-electron chi connectivity index (χ2n) is 10.3. The molecular formula is C27H25ClFN3O5. The number of hydrogen-bond acceptors (Lipinski definition) is 6. The van der Waals surface area contributed by atoms with Crippen LogP contribution in [0.2, 0.25) is 5.02 Å². The molecule has 2 atom stereocenters. The molecule has 0 saturated carbocycles. The number of carbonyl (C=O) groups excluding carboxylic acids is 2. The zero-order valence-electron chi connectivity index (χ0n) is 20.6. The molecule has 4 heterocycles. The predicted molar refractivity (Wildman–Crippen MR) is 134 cm³/mol. The summed E-state index contributed by atoms with van der Waals surface area (Å²) in [5.74, 6) is -1.74. The van der Waals surface area contributed by atoms with Crippen molar-refractivity contribution in [2.75, 3.05) is 0 Å². The first-order valence-electron chi connectivity index (χ1n) is 12.4. The normalized spacial score (nSPS) is 21.5. The van der Waals surface area contributed by atoms with Crippen LogP contribution in [0.25, 0.3) is 22.3 Å². The van der Waals surface area contributed by atoms with Gasteiger partial charge < -0.3 is 19.7 Å². The maximum Gasteiger partial charge on any atom is 0.343 e. The summed E-state index contributed by atoms with van der Waals surface area (Å²) in [6.45, 7) is 5.20. The average Bonchev–Trinajstić information content (AvgIpc) is 3.24. The smallest absolute Gasteiger partial charge is 0.343 e. The van der Waals surface area contributed by atoms with E-state index in [9.17, 15) is 23.9 Å². The van der Waals surface area contributed by atoms with Gasteiger partial charge in [-0.25, -0.2) is 14.2 Å². The number of amides is 1. The van der Waals surface area contributed by atoms with Crippen molar-refractivity contribution < 1.29 is 23.8 Å². The lowest BCUT2D eigenvalue weighted by Gasteiger charge is -2.31. The lowest BCUT2D eigenvalue weighted by molar-refractivity contribution is -0.172. The first-order chi connectivity index (χ1) is 17.6. The molecule has 37 heavy (non-hydrogen) atoms. The zero-order chi connectivity index (χ0) is 26.4. The number of aryl methyl sites for hydroxylation is 1. The Morgan fingerprint density at radius 3 is 2.78 bits per heavy atom. The van der Waals surface area contributed by atoms with Gasteiger partial charge >= 0.3 is 5.97 Å². The van der Waals surface area contributed by atoms with Gasteiger partial charge in [-0.2, -0.15) is 0 Å². The molecule has 2 aromatic heterocycles. The standard InChI is InChI=1S/C27H25ClFN3O5/c1-4-27(36)15-7-19-23-13(9-32(19)25(34)14(15)10-37-26(27)35)21-17(31-24(33)11(2)3)6-5-12-20(21)18(30-23)8-16(29)22(12)28/h7-8,11,17,36H,4-6,9-10H2,1-3H3,(H,31,33)/t17-,27-/m0/s1. The van der Waals surface area contributed by atoms with Gasteiger partial charge in [0.2, 0.25) is 5.91 Å². The van der Waals surface area contributed by atoms with E-state index in [1.807, 2.05) is 13.8 Å². The summed E-state index contributed by atoms with van der Waals surface area (Å²) in [5, 5.41) is 15.0. The Labute approximate surface area is 216 Å². The minimum atomic E-state index is -1.95. The van der Waals surface area contributed by atoms with Crippen LogP contribution in [0.1, 0.15) is 67.5 Å². The van der Waals surface area contributed by atoms with Gasteiger partial charge in [-0.3, -0.25) is 9.59 Å². The van der Waals surface area contributed by atoms with Crippen molar-refractivity contribution in [1.29, 1.82) is 0 Å². The van der Waals surface area contributed by atoms with E-state index in [2.05, 4.69) is 5.32 Å². The Morgan fingerprint density at radius 1 is 1.32 bits per heavy atom. The summed E-state index contributed by atoms with van der Waals surface area (Å²) in [4.78, 5) is 43.5. The number of esters is 1. The number of fused-ring (bicyclic) bond motifs is 5. The summed E-state index contributed by atoms with van der Waals surface area (Å²) >= 11 is 6.38. The number of pyridine rings is 2. The number of carbonyl (C=O) groups is 2. The van der Waals surface area contributed by atoms with Crippen LogP contribution in [0.15, 0.2) is 16.9 Å². The van der Waals surface area contributed by atoms with Crippen LogP contribution in [-0.2, 0) is 39.5 Å². The van der Waals surface area contributed by atoms with Crippen LogP contribution in [0.3, 0.4) is 0 Å². The molecule has 0 unspecified atom stereocenters. The molecule has 2 aliphatic heterocycles. The van der Waals surface area contributed by atoms with Gasteiger partial charge in [0.15, 0.2) is 5.60 Å². The summed E-state index contributed by atoms with van der Waals surface area (Å²) in [5.41, 5.74) is 1.50. The van der Waals surface area contributed by atoms with E-state index in [0.29, 0.717) is 40.7 Å². The van der Waals surface area contributed by atoms with Crippen molar-refractivity contribution in [1.82, 2.24) is 14.9 Å². The van der Waals surface area contributed by atoms with Gasteiger partial charge in [0.1, 0.15) is 12.4 Å². The highest BCUT2D eigenvalue weighted by Crippen LogP contribution is 2.46. The van der Waals surface area contributed by atoms with Gasteiger partial charge in [-0.15, -0.1) is 0 Å². The van der Waals surface area contributed by atoms with E-state index >= 15 is 0 Å². The molecule has 1 aromatic carbocycles. The van der Waals surface area contributed by atoms with E-state index in [1.54, 1.807) is 13.0 Å². The minimum absolute atomic E-state index is 0.0291.